The van der Waals surface area contributed by atoms with Crippen molar-refractivity contribution in [1.29, 1.82) is 0 Å². The summed E-state index contributed by atoms with van der Waals surface area (Å²) in [6.07, 6.45) is 2.64. The van der Waals surface area contributed by atoms with Crippen LogP contribution in [0.5, 0.6) is 0 Å². The molecule has 108 valence electrons. The maximum Gasteiger partial charge on any atom is 0.196 e. The summed E-state index contributed by atoms with van der Waals surface area (Å²) in [6.45, 7) is 10.6. The number of nitrogens with one attached hydrogen (secondary N) is 1. The molecule has 1 N–H and O–H groups in total. The smallest absolute Gasteiger partial charge is 0.196 e. The van der Waals surface area contributed by atoms with Crippen LogP contribution in [-0.4, -0.2) is 18.1 Å². The van der Waals surface area contributed by atoms with E-state index in [0.29, 0.717) is 0 Å². The molecule has 0 unspecified atom stereocenters. The molecule has 0 amide bonds. The summed E-state index contributed by atoms with van der Waals surface area (Å²) < 4.78 is 5.79. The number of oxazole rings is 1. The van der Waals surface area contributed by atoms with Gasteiger partial charge in [-0.15, -0.1) is 0 Å². The minimum absolute atomic E-state index is 0.178. The zero-order valence-corrected chi connectivity index (χ0v) is 12.9. The Kier molecular flexibility index (Phi) is 4.61. The summed E-state index contributed by atoms with van der Waals surface area (Å²) in [5, 5.41) is 3.27. The molecule has 3 nitrogen and oxygen atoms in total. The Hall–Kier alpha value is -1.61. The molecule has 0 spiro atoms. The van der Waals surface area contributed by atoms with Gasteiger partial charge in [0.25, 0.3) is 0 Å². The van der Waals surface area contributed by atoms with E-state index >= 15 is 0 Å². The van der Waals surface area contributed by atoms with Crippen LogP contribution >= 0.6 is 0 Å². The van der Waals surface area contributed by atoms with Gasteiger partial charge in [-0.1, -0.05) is 52.0 Å². The molecular weight excluding hydrogens is 248 g/mol. The van der Waals surface area contributed by atoms with Crippen molar-refractivity contribution < 1.29 is 4.42 Å². The lowest BCUT2D eigenvalue weighted by Crippen LogP contribution is -2.16. The Balaban J connectivity index is 2.08. The lowest BCUT2D eigenvalue weighted by atomic mass is 9.86. The van der Waals surface area contributed by atoms with Crippen molar-refractivity contribution in [2.45, 2.75) is 39.5 Å². The second kappa shape index (κ2) is 6.23. The van der Waals surface area contributed by atoms with Crippen molar-refractivity contribution in [3.05, 3.63) is 41.9 Å². The topological polar surface area (TPSA) is 38.1 Å². The number of nitrogens with zero attached hydrogens (tertiary/aromatic N) is 1. The van der Waals surface area contributed by atoms with Crippen molar-refractivity contribution >= 4 is 0 Å². The van der Waals surface area contributed by atoms with Gasteiger partial charge in [0.15, 0.2) is 11.7 Å². The Morgan fingerprint density at radius 1 is 1.15 bits per heavy atom. The Morgan fingerprint density at radius 3 is 2.45 bits per heavy atom. The number of benzene rings is 1. The van der Waals surface area contributed by atoms with Crippen molar-refractivity contribution in [3.63, 3.8) is 0 Å². The van der Waals surface area contributed by atoms with E-state index in [9.17, 15) is 0 Å². The fourth-order valence-electron chi connectivity index (χ4n) is 2.07. The van der Waals surface area contributed by atoms with Crippen molar-refractivity contribution in [3.8, 4) is 11.3 Å². The van der Waals surface area contributed by atoms with Gasteiger partial charge in [-0.3, -0.25) is 0 Å². The minimum atomic E-state index is 0.178. The summed E-state index contributed by atoms with van der Waals surface area (Å²) in [5.41, 5.74) is 2.59. The third-order valence-corrected chi connectivity index (χ3v) is 3.35. The molecule has 0 fully saturated rings. The molecule has 1 aromatic carbocycles. The van der Waals surface area contributed by atoms with Gasteiger partial charge in [-0.2, -0.15) is 0 Å². The summed E-state index contributed by atoms with van der Waals surface area (Å²) in [4.78, 5) is 4.33. The fraction of sp³-hybridized carbons (Fsp3) is 0.471. The number of rotatable bonds is 5. The van der Waals surface area contributed by atoms with Gasteiger partial charge in [0.2, 0.25) is 0 Å². The number of hydrogen-bond donors (Lipinski definition) is 1. The van der Waals surface area contributed by atoms with E-state index in [2.05, 4.69) is 62.3 Å². The molecule has 3 heteroatoms. The molecular formula is C17H24N2O. The summed E-state index contributed by atoms with van der Waals surface area (Å²) in [5.74, 6) is 1.64. The quantitative estimate of drug-likeness (QED) is 0.841. The summed E-state index contributed by atoms with van der Waals surface area (Å²) in [6, 6.07) is 8.54. The predicted molar refractivity (Wildman–Crippen MR) is 82.9 cm³/mol. The maximum atomic E-state index is 5.79. The van der Waals surface area contributed by atoms with Crippen LogP contribution in [-0.2, 0) is 11.8 Å². The molecule has 0 saturated carbocycles. The van der Waals surface area contributed by atoms with Gasteiger partial charge < -0.3 is 9.73 Å². The lowest BCUT2D eigenvalue weighted by molar-refractivity contribution is 0.497. The largest absolute Gasteiger partial charge is 0.441 e. The Bertz CT molecular complexity index is 535. The molecule has 0 radical (unpaired) electrons. The normalized spacial score (nSPS) is 11.8. The average molecular weight is 272 g/mol. The van der Waals surface area contributed by atoms with Crippen LogP contribution in [0, 0.1) is 0 Å². The SMILES string of the molecule is CCNCCc1ncc(-c2ccc(C(C)(C)C)cc2)o1. The molecule has 0 aliphatic heterocycles. The molecule has 0 bridgehead atoms. The van der Waals surface area contributed by atoms with Crippen LogP contribution in [0.2, 0.25) is 0 Å². The van der Waals surface area contributed by atoms with Crippen LogP contribution in [0.4, 0.5) is 0 Å². The van der Waals surface area contributed by atoms with Crippen LogP contribution in [0.25, 0.3) is 11.3 Å². The second-order valence-electron chi connectivity index (χ2n) is 6.05. The van der Waals surface area contributed by atoms with Crippen LogP contribution in [0.1, 0.15) is 39.1 Å². The lowest BCUT2D eigenvalue weighted by Gasteiger charge is -2.18. The molecule has 0 aliphatic carbocycles. The highest BCUT2D eigenvalue weighted by Crippen LogP contribution is 2.26. The molecule has 2 aromatic rings. The molecule has 0 saturated heterocycles. The fourth-order valence-corrected chi connectivity index (χ4v) is 2.07. The molecule has 20 heavy (non-hydrogen) atoms. The van der Waals surface area contributed by atoms with Crippen LogP contribution in [0.3, 0.4) is 0 Å². The Morgan fingerprint density at radius 2 is 1.85 bits per heavy atom. The highest BCUT2D eigenvalue weighted by atomic mass is 16.4. The van der Waals surface area contributed by atoms with Gasteiger partial charge in [-0.05, 0) is 17.5 Å². The van der Waals surface area contributed by atoms with Gasteiger partial charge >= 0.3 is 0 Å². The van der Waals surface area contributed by atoms with Crippen LogP contribution < -0.4 is 5.32 Å². The highest BCUT2D eigenvalue weighted by molar-refractivity contribution is 5.57. The van der Waals surface area contributed by atoms with Crippen molar-refractivity contribution in [1.82, 2.24) is 10.3 Å². The molecule has 0 aliphatic rings. The first-order valence-electron chi connectivity index (χ1n) is 7.27. The third-order valence-electron chi connectivity index (χ3n) is 3.35. The molecule has 2 rings (SSSR count). The van der Waals surface area contributed by atoms with E-state index in [4.69, 9.17) is 4.42 Å². The highest BCUT2D eigenvalue weighted by Gasteiger charge is 2.14. The third kappa shape index (κ3) is 3.70. The molecule has 1 heterocycles. The summed E-state index contributed by atoms with van der Waals surface area (Å²) >= 11 is 0. The first-order chi connectivity index (χ1) is 9.50. The van der Waals surface area contributed by atoms with Gasteiger partial charge in [0, 0.05) is 18.5 Å². The monoisotopic (exact) mass is 272 g/mol. The van der Waals surface area contributed by atoms with Crippen molar-refractivity contribution in [2.24, 2.45) is 0 Å². The number of likely N-dealkylation sites (N-methyl/N-ethyl adjacent to an activating group) is 1. The zero-order chi connectivity index (χ0) is 14.6. The Labute approximate surface area is 121 Å². The first kappa shape index (κ1) is 14.8. The summed E-state index contributed by atoms with van der Waals surface area (Å²) in [7, 11) is 0. The van der Waals surface area contributed by atoms with Gasteiger partial charge in [-0.25, -0.2) is 4.98 Å². The van der Waals surface area contributed by atoms with Gasteiger partial charge in [0.1, 0.15) is 0 Å². The van der Waals surface area contributed by atoms with E-state index < -0.39 is 0 Å². The van der Waals surface area contributed by atoms with Crippen LogP contribution in [0.15, 0.2) is 34.9 Å². The van der Waals surface area contributed by atoms with E-state index in [1.165, 1.54) is 5.56 Å². The predicted octanol–water partition coefficient (Wildman–Crippen LogP) is 3.79. The van der Waals surface area contributed by atoms with Gasteiger partial charge in [0.05, 0.1) is 6.20 Å². The van der Waals surface area contributed by atoms with Crippen molar-refractivity contribution in [2.75, 3.05) is 13.1 Å². The second-order valence-corrected chi connectivity index (χ2v) is 6.05. The van der Waals surface area contributed by atoms with E-state index in [0.717, 1.165) is 36.7 Å². The number of hydrogen-bond acceptors (Lipinski definition) is 3. The maximum absolute atomic E-state index is 5.79. The minimum Gasteiger partial charge on any atom is -0.441 e. The van der Waals surface area contributed by atoms with E-state index in [-0.39, 0.29) is 5.41 Å². The first-order valence-corrected chi connectivity index (χ1v) is 7.27. The van der Waals surface area contributed by atoms with E-state index in [1.807, 2.05) is 6.20 Å². The molecule has 0 atom stereocenters. The average Bonchev–Trinajstić information content (AvgIpc) is 2.87. The standard InChI is InChI=1S/C17H24N2O/c1-5-18-11-10-16-19-12-15(20-16)13-6-8-14(9-7-13)17(2,3)4/h6-9,12,18H,5,10-11H2,1-4H3. The number of aromatic nitrogens is 1. The van der Waals surface area contributed by atoms with E-state index in [1.54, 1.807) is 0 Å². The zero-order valence-electron chi connectivity index (χ0n) is 12.9. The molecule has 1 aromatic heterocycles.